The lowest BCUT2D eigenvalue weighted by molar-refractivity contribution is -0.144. The Morgan fingerprint density at radius 2 is 1.73 bits per heavy atom. The third-order valence-electron chi connectivity index (χ3n) is 5.39. The Labute approximate surface area is 182 Å². The maximum atomic E-state index is 13.5. The van der Waals surface area contributed by atoms with Crippen molar-refractivity contribution in [2.75, 3.05) is 18.6 Å². The largest absolute Gasteiger partial charge is 0.468 e. The lowest BCUT2D eigenvalue weighted by Gasteiger charge is -2.22. The number of esters is 1. The van der Waals surface area contributed by atoms with E-state index in [0.717, 1.165) is 4.90 Å². The van der Waals surface area contributed by atoms with Gasteiger partial charge in [0.25, 0.3) is 0 Å². The Morgan fingerprint density at radius 1 is 1.03 bits per heavy atom. The van der Waals surface area contributed by atoms with E-state index < -0.39 is 29.1 Å². The first kappa shape index (κ1) is 20.4. The number of benzene rings is 2. The van der Waals surface area contributed by atoms with Crippen LogP contribution >= 0.6 is 23.2 Å². The fourth-order valence-electron chi connectivity index (χ4n) is 3.99. The highest BCUT2D eigenvalue weighted by Gasteiger charge is 2.63. The number of methoxy groups -OCH3 is 1. The second kappa shape index (κ2) is 7.41. The van der Waals surface area contributed by atoms with Crippen molar-refractivity contribution in [1.29, 1.82) is 0 Å². The van der Waals surface area contributed by atoms with Crippen LogP contribution in [0.4, 0.5) is 5.69 Å². The fraction of sp³-hybridized carbons (Fsp3) is 0.238. The van der Waals surface area contributed by atoms with Gasteiger partial charge in [0.2, 0.25) is 17.7 Å². The average molecular weight is 447 g/mol. The van der Waals surface area contributed by atoms with Crippen LogP contribution in [0.25, 0.3) is 0 Å². The lowest BCUT2D eigenvalue weighted by Crippen LogP contribution is -2.47. The quantitative estimate of drug-likeness (QED) is 0.409. The zero-order valence-electron chi connectivity index (χ0n) is 15.9. The molecule has 2 aromatic rings. The van der Waals surface area contributed by atoms with E-state index in [1.807, 2.05) is 0 Å². The highest BCUT2D eigenvalue weighted by atomic mass is 35.5. The van der Waals surface area contributed by atoms with Crippen molar-refractivity contribution in [1.82, 2.24) is 4.90 Å². The van der Waals surface area contributed by atoms with Crippen molar-refractivity contribution < 1.29 is 23.9 Å². The number of halogens is 2. The first-order chi connectivity index (χ1) is 14.3. The Balaban J connectivity index is 1.77. The van der Waals surface area contributed by atoms with E-state index in [1.165, 1.54) is 18.1 Å². The molecule has 4 rings (SSSR count). The van der Waals surface area contributed by atoms with Crippen molar-refractivity contribution in [3.05, 3.63) is 63.6 Å². The number of nitrogens with zero attached hydrogens (tertiary/aromatic N) is 2. The number of hydrogen-bond donors (Lipinski definition) is 0. The van der Waals surface area contributed by atoms with Gasteiger partial charge < -0.3 is 4.74 Å². The summed E-state index contributed by atoms with van der Waals surface area (Å²) in [6.45, 7) is -0.387. The number of imide groups is 1. The summed E-state index contributed by atoms with van der Waals surface area (Å²) in [5, 5.41) is 0.786. The molecule has 2 aliphatic heterocycles. The van der Waals surface area contributed by atoms with Crippen LogP contribution in [-0.2, 0) is 35.9 Å². The highest BCUT2D eigenvalue weighted by Crippen LogP contribution is 2.49. The van der Waals surface area contributed by atoms with Gasteiger partial charge in [0.05, 0.1) is 20.1 Å². The van der Waals surface area contributed by atoms with Crippen molar-refractivity contribution in [3.63, 3.8) is 0 Å². The Hall–Kier alpha value is -2.90. The smallest absolute Gasteiger partial charge is 0.325 e. The Morgan fingerprint density at radius 3 is 2.43 bits per heavy atom. The van der Waals surface area contributed by atoms with Crippen LogP contribution in [0.2, 0.25) is 10.0 Å². The van der Waals surface area contributed by atoms with Crippen molar-refractivity contribution in [3.8, 4) is 0 Å². The summed E-state index contributed by atoms with van der Waals surface area (Å²) in [6.07, 6.45) is -0.337. The monoisotopic (exact) mass is 446 g/mol. The first-order valence-corrected chi connectivity index (χ1v) is 9.81. The van der Waals surface area contributed by atoms with Gasteiger partial charge in [0.15, 0.2) is 5.41 Å². The predicted octanol–water partition coefficient (Wildman–Crippen LogP) is 2.71. The zero-order valence-corrected chi connectivity index (χ0v) is 17.4. The highest BCUT2D eigenvalue weighted by molar-refractivity contribution is 6.33. The van der Waals surface area contributed by atoms with Gasteiger partial charge in [0.1, 0.15) is 6.54 Å². The lowest BCUT2D eigenvalue weighted by atomic mass is 9.80. The Bertz CT molecular complexity index is 1100. The maximum Gasteiger partial charge on any atom is 0.325 e. The molecule has 0 bridgehead atoms. The molecule has 154 valence electrons. The summed E-state index contributed by atoms with van der Waals surface area (Å²) in [6, 6.07) is 11.4. The van der Waals surface area contributed by atoms with Crippen LogP contribution in [0.5, 0.6) is 0 Å². The normalized spacial score (nSPS) is 20.3. The third kappa shape index (κ3) is 3.05. The molecule has 0 radical (unpaired) electrons. The SMILES string of the molecule is COC(=O)CN1C(=O)C2(CC(=O)N(Cc3cccc(Cl)c3)C2=O)c2cc(Cl)ccc21. The number of hydrogen-bond acceptors (Lipinski definition) is 5. The van der Waals surface area contributed by atoms with E-state index in [-0.39, 0.29) is 19.5 Å². The van der Waals surface area contributed by atoms with Crippen LogP contribution in [0.3, 0.4) is 0 Å². The predicted molar refractivity (Wildman–Crippen MR) is 109 cm³/mol. The summed E-state index contributed by atoms with van der Waals surface area (Å²) >= 11 is 12.1. The van der Waals surface area contributed by atoms with Crippen LogP contribution in [0, 0.1) is 0 Å². The molecule has 1 saturated heterocycles. The van der Waals surface area contributed by atoms with Gasteiger partial charge in [-0.1, -0.05) is 35.3 Å². The molecule has 0 aromatic heterocycles. The number of likely N-dealkylation sites (tertiary alicyclic amines) is 1. The number of ether oxygens (including phenoxy) is 1. The van der Waals surface area contributed by atoms with E-state index in [1.54, 1.807) is 36.4 Å². The fourth-order valence-corrected chi connectivity index (χ4v) is 4.37. The average Bonchev–Trinajstić information content (AvgIpc) is 3.09. The van der Waals surface area contributed by atoms with E-state index in [4.69, 9.17) is 23.2 Å². The molecule has 30 heavy (non-hydrogen) atoms. The number of carbonyl (C=O) groups excluding carboxylic acids is 4. The van der Waals surface area contributed by atoms with Crippen LogP contribution in [0.15, 0.2) is 42.5 Å². The molecule has 2 heterocycles. The topological polar surface area (TPSA) is 84.0 Å². The number of carbonyl (C=O) groups is 4. The molecule has 0 aliphatic carbocycles. The zero-order chi connectivity index (χ0) is 21.6. The van der Waals surface area contributed by atoms with Gasteiger partial charge in [-0.25, -0.2) is 0 Å². The standard InChI is InChI=1S/C21H16Cl2N2O5/c1-30-18(27)11-24-16-6-5-14(23)8-15(16)21(19(24)28)9-17(26)25(20(21)29)10-12-3-2-4-13(22)7-12/h2-8H,9-11H2,1H3. The Kier molecular flexibility index (Phi) is 5.03. The number of amides is 3. The molecule has 0 N–H and O–H groups in total. The minimum absolute atomic E-state index is 0.0137. The molecular weight excluding hydrogens is 431 g/mol. The summed E-state index contributed by atoms with van der Waals surface area (Å²) in [5.74, 6) is -2.42. The second-order valence-corrected chi connectivity index (χ2v) is 8.00. The van der Waals surface area contributed by atoms with Crippen molar-refractivity contribution in [2.45, 2.75) is 18.4 Å². The van der Waals surface area contributed by atoms with E-state index in [2.05, 4.69) is 4.74 Å². The molecule has 2 aliphatic rings. The molecular formula is C21H16Cl2N2O5. The molecule has 1 atom stereocenters. The van der Waals surface area contributed by atoms with Crippen molar-refractivity contribution >= 4 is 52.6 Å². The minimum atomic E-state index is -1.75. The molecule has 9 heteroatoms. The van der Waals surface area contributed by atoms with Gasteiger partial charge in [-0.2, -0.15) is 0 Å². The maximum absolute atomic E-state index is 13.5. The number of rotatable bonds is 4. The summed E-state index contributed by atoms with van der Waals surface area (Å²) in [7, 11) is 1.21. The summed E-state index contributed by atoms with van der Waals surface area (Å²) in [5.41, 5.74) is -0.412. The van der Waals surface area contributed by atoms with Crippen LogP contribution in [0.1, 0.15) is 17.5 Å². The number of anilines is 1. The molecule has 0 saturated carbocycles. The molecule has 1 spiro atoms. The van der Waals surface area contributed by atoms with Crippen LogP contribution < -0.4 is 4.90 Å². The van der Waals surface area contributed by atoms with Gasteiger partial charge in [-0.05, 0) is 35.9 Å². The summed E-state index contributed by atoms with van der Waals surface area (Å²) in [4.78, 5) is 53.8. The molecule has 7 nitrogen and oxygen atoms in total. The van der Waals surface area contributed by atoms with E-state index in [9.17, 15) is 19.2 Å². The summed E-state index contributed by atoms with van der Waals surface area (Å²) < 4.78 is 4.68. The number of fused-ring (bicyclic) bond motifs is 2. The second-order valence-electron chi connectivity index (χ2n) is 7.13. The molecule has 2 aromatic carbocycles. The van der Waals surface area contributed by atoms with Gasteiger partial charge in [0, 0.05) is 21.3 Å². The van der Waals surface area contributed by atoms with E-state index in [0.29, 0.717) is 26.9 Å². The van der Waals surface area contributed by atoms with Crippen molar-refractivity contribution in [2.24, 2.45) is 0 Å². The van der Waals surface area contributed by atoms with Gasteiger partial charge in [-0.15, -0.1) is 0 Å². The molecule has 1 unspecified atom stereocenters. The molecule has 1 fully saturated rings. The molecule has 3 amide bonds. The first-order valence-electron chi connectivity index (χ1n) is 9.06. The third-order valence-corrected chi connectivity index (χ3v) is 5.86. The van der Waals surface area contributed by atoms with Crippen LogP contribution in [-0.4, -0.2) is 42.2 Å². The minimum Gasteiger partial charge on any atom is -0.468 e. The van der Waals surface area contributed by atoms with Gasteiger partial charge >= 0.3 is 5.97 Å². The van der Waals surface area contributed by atoms with E-state index >= 15 is 0 Å². The van der Waals surface area contributed by atoms with Gasteiger partial charge in [-0.3, -0.25) is 29.0 Å².